The minimum atomic E-state index is 0.0592. The lowest BCUT2D eigenvalue weighted by atomic mass is 9.96. The van der Waals surface area contributed by atoms with Gasteiger partial charge in [0.1, 0.15) is 0 Å². The molecule has 2 aliphatic rings. The Hall–Kier alpha value is -2.02. The van der Waals surface area contributed by atoms with Crippen LogP contribution in [0.15, 0.2) is 21.7 Å². The maximum atomic E-state index is 12.3. The van der Waals surface area contributed by atoms with Gasteiger partial charge in [0.05, 0.1) is 12.2 Å². The van der Waals surface area contributed by atoms with E-state index in [0.717, 1.165) is 56.6 Å². The molecular weight excluding hydrogens is 306 g/mol. The third-order valence-corrected chi connectivity index (χ3v) is 5.18. The van der Waals surface area contributed by atoms with Crippen molar-refractivity contribution < 1.29 is 4.42 Å². The molecule has 0 atom stereocenters. The molecule has 0 radical (unpaired) electrons. The molecule has 3 heterocycles. The molecule has 0 N–H and O–H groups in total. The first-order valence-corrected chi connectivity index (χ1v) is 8.85. The first kappa shape index (κ1) is 15.5. The van der Waals surface area contributed by atoms with Crippen LogP contribution < -0.4 is 5.56 Å². The van der Waals surface area contributed by atoms with E-state index in [4.69, 9.17) is 4.42 Å². The monoisotopic (exact) mass is 329 g/mol. The number of aryl methyl sites for hydroxylation is 2. The Morgan fingerprint density at radius 1 is 1.21 bits per heavy atom. The average Bonchev–Trinajstić information content (AvgIpc) is 3.10. The van der Waals surface area contributed by atoms with Crippen molar-refractivity contribution in [1.82, 2.24) is 24.9 Å². The molecule has 0 bridgehead atoms. The Bertz CT molecular complexity index is 732. The van der Waals surface area contributed by atoms with Crippen molar-refractivity contribution in [3.8, 4) is 0 Å². The van der Waals surface area contributed by atoms with E-state index in [2.05, 4.69) is 20.2 Å². The van der Waals surface area contributed by atoms with Gasteiger partial charge >= 0.3 is 0 Å². The summed E-state index contributed by atoms with van der Waals surface area (Å²) in [6, 6.07) is 1.81. The Labute approximate surface area is 140 Å². The number of hydrogen-bond donors (Lipinski definition) is 0. The number of rotatable bonds is 4. The zero-order valence-corrected chi connectivity index (χ0v) is 13.9. The predicted octanol–water partition coefficient (Wildman–Crippen LogP) is 1.42. The zero-order valence-electron chi connectivity index (χ0n) is 13.9. The van der Waals surface area contributed by atoms with Gasteiger partial charge in [-0.1, -0.05) is 0 Å². The SMILES string of the molecule is O=c1cc2c(nn1CC1CCN(Cc3nnco3)CC1)CCCC2. The number of fused-ring (bicyclic) bond motifs is 1. The summed E-state index contributed by atoms with van der Waals surface area (Å²) in [4.78, 5) is 14.6. The van der Waals surface area contributed by atoms with E-state index >= 15 is 0 Å². The lowest BCUT2D eigenvalue weighted by Crippen LogP contribution is -2.37. The van der Waals surface area contributed by atoms with E-state index in [1.807, 2.05) is 6.07 Å². The van der Waals surface area contributed by atoms with E-state index in [-0.39, 0.29) is 5.56 Å². The van der Waals surface area contributed by atoms with Crippen molar-refractivity contribution >= 4 is 0 Å². The van der Waals surface area contributed by atoms with Crippen LogP contribution in [-0.4, -0.2) is 38.0 Å². The summed E-state index contributed by atoms with van der Waals surface area (Å²) in [6.45, 7) is 3.43. The van der Waals surface area contributed by atoms with Crippen LogP contribution in [0.25, 0.3) is 0 Å². The maximum absolute atomic E-state index is 12.3. The molecule has 4 rings (SSSR count). The van der Waals surface area contributed by atoms with Gasteiger partial charge in [0, 0.05) is 12.6 Å². The number of likely N-dealkylation sites (tertiary alicyclic amines) is 1. The van der Waals surface area contributed by atoms with E-state index in [1.165, 1.54) is 19.2 Å². The molecule has 1 aliphatic carbocycles. The Morgan fingerprint density at radius 3 is 2.83 bits per heavy atom. The number of piperidine rings is 1. The molecule has 0 spiro atoms. The molecule has 0 saturated carbocycles. The Balaban J connectivity index is 1.36. The quantitative estimate of drug-likeness (QED) is 0.844. The minimum absolute atomic E-state index is 0.0592. The minimum Gasteiger partial charge on any atom is -0.427 e. The van der Waals surface area contributed by atoms with Crippen LogP contribution in [0.3, 0.4) is 0 Å². The fraction of sp³-hybridized carbons (Fsp3) is 0.647. The maximum Gasteiger partial charge on any atom is 0.267 e. The number of nitrogens with zero attached hydrogens (tertiary/aromatic N) is 5. The molecule has 7 heteroatoms. The van der Waals surface area contributed by atoms with Crippen LogP contribution in [0, 0.1) is 5.92 Å². The van der Waals surface area contributed by atoms with Gasteiger partial charge in [0.25, 0.3) is 5.56 Å². The molecule has 7 nitrogen and oxygen atoms in total. The summed E-state index contributed by atoms with van der Waals surface area (Å²) in [7, 11) is 0. The Morgan fingerprint density at radius 2 is 2.04 bits per heavy atom. The van der Waals surface area contributed by atoms with Gasteiger partial charge in [-0.25, -0.2) is 4.68 Å². The van der Waals surface area contributed by atoms with Gasteiger partial charge in [0.15, 0.2) is 0 Å². The second kappa shape index (κ2) is 6.84. The summed E-state index contributed by atoms with van der Waals surface area (Å²) in [5.41, 5.74) is 2.36. The van der Waals surface area contributed by atoms with Gasteiger partial charge in [-0.2, -0.15) is 5.10 Å². The van der Waals surface area contributed by atoms with Gasteiger partial charge in [-0.05, 0) is 63.1 Å². The fourth-order valence-corrected chi connectivity index (χ4v) is 3.76. The molecule has 2 aromatic rings. The van der Waals surface area contributed by atoms with E-state index in [0.29, 0.717) is 18.4 Å². The van der Waals surface area contributed by atoms with Gasteiger partial charge in [-0.3, -0.25) is 9.69 Å². The summed E-state index contributed by atoms with van der Waals surface area (Å²) < 4.78 is 6.90. The zero-order chi connectivity index (χ0) is 16.4. The van der Waals surface area contributed by atoms with Crippen molar-refractivity contribution in [3.63, 3.8) is 0 Å². The van der Waals surface area contributed by atoms with Crippen molar-refractivity contribution in [2.75, 3.05) is 13.1 Å². The number of aromatic nitrogens is 4. The van der Waals surface area contributed by atoms with Crippen molar-refractivity contribution in [2.24, 2.45) is 5.92 Å². The molecule has 0 amide bonds. The van der Waals surface area contributed by atoms with Crippen LogP contribution in [0.1, 0.15) is 42.8 Å². The first-order valence-electron chi connectivity index (χ1n) is 8.85. The van der Waals surface area contributed by atoms with Crippen molar-refractivity contribution in [3.05, 3.63) is 40.0 Å². The molecule has 2 aromatic heterocycles. The lowest BCUT2D eigenvalue weighted by molar-refractivity contribution is 0.152. The molecule has 1 aliphatic heterocycles. The lowest BCUT2D eigenvalue weighted by Gasteiger charge is -2.31. The molecule has 0 unspecified atom stereocenters. The highest BCUT2D eigenvalue weighted by Crippen LogP contribution is 2.21. The van der Waals surface area contributed by atoms with Crippen LogP contribution >= 0.6 is 0 Å². The highest BCUT2D eigenvalue weighted by atomic mass is 16.4. The molecular formula is C17H23N5O2. The molecule has 1 fully saturated rings. The standard InChI is InChI=1S/C17H23N5O2/c23-17-9-14-3-1-2-4-15(14)20-22(17)10-13-5-7-21(8-6-13)11-16-19-18-12-24-16/h9,12-13H,1-8,10-11H2. The summed E-state index contributed by atoms with van der Waals surface area (Å²) in [5, 5.41) is 12.3. The Kier molecular flexibility index (Phi) is 4.42. The molecule has 24 heavy (non-hydrogen) atoms. The predicted molar refractivity (Wildman–Crippen MR) is 87.4 cm³/mol. The number of hydrogen-bond acceptors (Lipinski definition) is 6. The second-order valence-corrected chi connectivity index (χ2v) is 6.90. The molecule has 0 aromatic carbocycles. The van der Waals surface area contributed by atoms with E-state index < -0.39 is 0 Å². The summed E-state index contributed by atoms with van der Waals surface area (Å²) in [5.74, 6) is 1.18. The van der Waals surface area contributed by atoms with Crippen LogP contribution in [0.2, 0.25) is 0 Å². The van der Waals surface area contributed by atoms with Gasteiger partial charge in [-0.15, -0.1) is 10.2 Å². The normalized spacial score (nSPS) is 19.3. The second-order valence-electron chi connectivity index (χ2n) is 6.90. The average molecular weight is 329 g/mol. The fourth-order valence-electron chi connectivity index (χ4n) is 3.76. The molecule has 1 saturated heterocycles. The van der Waals surface area contributed by atoms with Crippen molar-refractivity contribution in [1.29, 1.82) is 0 Å². The first-order chi connectivity index (χ1) is 11.8. The third-order valence-electron chi connectivity index (χ3n) is 5.18. The summed E-state index contributed by atoms with van der Waals surface area (Å²) >= 11 is 0. The van der Waals surface area contributed by atoms with Crippen LogP contribution in [-0.2, 0) is 25.9 Å². The largest absolute Gasteiger partial charge is 0.427 e. The summed E-state index contributed by atoms with van der Waals surface area (Å²) in [6.07, 6.45) is 7.89. The van der Waals surface area contributed by atoms with Crippen LogP contribution in [0.4, 0.5) is 0 Å². The van der Waals surface area contributed by atoms with Crippen molar-refractivity contribution in [2.45, 2.75) is 51.6 Å². The smallest absolute Gasteiger partial charge is 0.267 e. The topological polar surface area (TPSA) is 77.1 Å². The van der Waals surface area contributed by atoms with Gasteiger partial charge < -0.3 is 4.42 Å². The highest BCUT2D eigenvalue weighted by Gasteiger charge is 2.22. The van der Waals surface area contributed by atoms with Gasteiger partial charge in [0.2, 0.25) is 12.3 Å². The van der Waals surface area contributed by atoms with E-state index in [1.54, 1.807) is 4.68 Å². The molecule has 128 valence electrons. The van der Waals surface area contributed by atoms with Crippen LogP contribution in [0.5, 0.6) is 0 Å². The van der Waals surface area contributed by atoms with E-state index in [9.17, 15) is 4.79 Å². The highest BCUT2D eigenvalue weighted by molar-refractivity contribution is 5.20. The third kappa shape index (κ3) is 3.40.